The van der Waals surface area contributed by atoms with E-state index >= 15 is 0 Å². The Bertz CT molecular complexity index is 1110. The number of hydrogen-bond acceptors (Lipinski definition) is 5. The smallest absolute Gasteiger partial charge is 0.222 e. The molecule has 5 rings (SSSR count). The molecule has 0 bridgehead atoms. The molecular weight excluding hydrogens is 414 g/mol. The van der Waals surface area contributed by atoms with E-state index < -0.39 is 0 Å². The van der Waals surface area contributed by atoms with Crippen LogP contribution in [0.25, 0.3) is 11.0 Å². The fraction of sp³-hybridized carbons (Fsp3) is 0.500. The molecule has 1 aromatic carbocycles. The minimum Gasteiger partial charge on any atom is -0.496 e. The van der Waals surface area contributed by atoms with Crippen LogP contribution < -0.4 is 10.1 Å². The molecule has 1 aliphatic carbocycles. The summed E-state index contributed by atoms with van der Waals surface area (Å²) in [5, 5.41) is 11.9. The van der Waals surface area contributed by atoms with Crippen molar-refractivity contribution in [1.29, 1.82) is 0 Å². The first-order valence-electron chi connectivity index (χ1n) is 12.2. The van der Waals surface area contributed by atoms with Gasteiger partial charge in [-0.05, 0) is 49.8 Å². The molecule has 2 fully saturated rings. The molecule has 1 saturated carbocycles. The highest BCUT2D eigenvalue weighted by Gasteiger charge is 2.28. The van der Waals surface area contributed by atoms with Crippen LogP contribution in [0, 0.1) is 5.92 Å². The van der Waals surface area contributed by atoms with Crippen molar-refractivity contribution >= 4 is 22.8 Å². The number of fused-ring (bicyclic) bond motifs is 1. The lowest BCUT2D eigenvalue weighted by Gasteiger charge is -2.33. The summed E-state index contributed by atoms with van der Waals surface area (Å²) >= 11 is 0. The van der Waals surface area contributed by atoms with Crippen molar-refractivity contribution in [2.75, 3.05) is 25.5 Å². The summed E-state index contributed by atoms with van der Waals surface area (Å²) in [4.78, 5) is 19.8. The summed E-state index contributed by atoms with van der Waals surface area (Å²) in [6.07, 6.45) is 7.83. The zero-order valence-corrected chi connectivity index (χ0v) is 19.3. The third-order valence-electron chi connectivity index (χ3n) is 7.21. The van der Waals surface area contributed by atoms with Gasteiger partial charge in [-0.1, -0.05) is 31.0 Å². The molecule has 2 N–H and O–H groups in total. The first-order chi connectivity index (χ1) is 16.2. The molecule has 1 aliphatic heterocycles. The van der Waals surface area contributed by atoms with Crippen LogP contribution >= 0.6 is 0 Å². The van der Waals surface area contributed by atoms with Gasteiger partial charge in [0, 0.05) is 43.2 Å². The van der Waals surface area contributed by atoms with Crippen molar-refractivity contribution in [3.63, 3.8) is 0 Å². The number of aromatic amines is 1. The number of ether oxygens (including phenoxy) is 1. The lowest BCUT2D eigenvalue weighted by molar-refractivity contribution is -0.133. The highest BCUT2D eigenvalue weighted by molar-refractivity contribution is 5.87. The topological polar surface area (TPSA) is 83.1 Å². The molecule has 7 heteroatoms. The van der Waals surface area contributed by atoms with Crippen LogP contribution in [0.15, 0.2) is 36.4 Å². The number of piperidine rings is 1. The van der Waals surface area contributed by atoms with Crippen LogP contribution in [-0.4, -0.2) is 46.2 Å². The first kappa shape index (κ1) is 21.7. The summed E-state index contributed by atoms with van der Waals surface area (Å²) < 4.78 is 5.44. The minimum absolute atomic E-state index is 0.281. The number of methoxy groups -OCH3 is 1. The number of benzene rings is 1. The molecule has 0 radical (unpaired) electrons. The van der Waals surface area contributed by atoms with E-state index in [4.69, 9.17) is 9.72 Å². The van der Waals surface area contributed by atoms with Crippen LogP contribution in [0.5, 0.6) is 5.75 Å². The predicted octanol–water partition coefficient (Wildman–Crippen LogP) is 4.86. The van der Waals surface area contributed by atoms with Gasteiger partial charge in [0.2, 0.25) is 5.91 Å². The van der Waals surface area contributed by atoms with Gasteiger partial charge in [0.05, 0.1) is 12.5 Å². The Labute approximate surface area is 194 Å². The second-order valence-electron chi connectivity index (χ2n) is 9.40. The van der Waals surface area contributed by atoms with Crippen LogP contribution in [0.3, 0.4) is 0 Å². The number of para-hydroxylation sites is 1. The summed E-state index contributed by atoms with van der Waals surface area (Å²) in [5.41, 5.74) is 2.90. The number of H-pyrrole nitrogens is 1. The average molecular weight is 448 g/mol. The fourth-order valence-electron chi connectivity index (χ4n) is 5.35. The Morgan fingerprint density at radius 2 is 2.00 bits per heavy atom. The van der Waals surface area contributed by atoms with Crippen molar-refractivity contribution in [1.82, 2.24) is 20.1 Å². The van der Waals surface area contributed by atoms with E-state index in [1.165, 1.54) is 25.7 Å². The number of aromatic nitrogens is 3. The van der Waals surface area contributed by atoms with Crippen LogP contribution in [0.4, 0.5) is 5.82 Å². The number of anilines is 1. The fourth-order valence-corrected chi connectivity index (χ4v) is 5.35. The van der Waals surface area contributed by atoms with Crippen molar-refractivity contribution in [3.05, 3.63) is 47.7 Å². The Morgan fingerprint density at radius 1 is 1.15 bits per heavy atom. The van der Waals surface area contributed by atoms with Gasteiger partial charge < -0.3 is 15.0 Å². The molecule has 0 spiro atoms. The number of carbonyl (C=O) groups excluding carboxylic acids is 1. The van der Waals surface area contributed by atoms with Gasteiger partial charge >= 0.3 is 0 Å². The van der Waals surface area contributed by atoms with Gasteiger partial charge in [-0.3, -0.25) is 9.89 Å². The highest BCUT2D eigenvalue weighted by Crippen LogP contribution is 2.32. The number of rotatable bonds is 7. The number of likely N-dealkylation sites (tertiary alicyclic amines) is 1. The van der Waals surface area contributed by atoms with Crippen molar-refractivity contribution < 1.29 is 9.53 Å². The maximum absolute atomic E-state index is 12.9. The molecule has 7 nitrogen and oxygen atoms in total. The summed E-state index contributed by atoms with van der Waals surface area (Å²) in [6.45, 7) is 2.27. The van der Waals surface area contributed by atoms with E-state index in [2.05, 4.69) is 32.5 Å². The Morgan fingerprint density at radius 3 is 2.85 bits per heavy atom. The van der Waals surface area contributed by atoms with E-state index in [1.807, 2.05) is 24.3 Å². The maximum Gasteiger partial charge on any atom is 0.222 e. The zero-order valence-electron chi connectivity index (χ0n) is 19.3. The van der Waals surface area contributed by atoms with Gasteiger partial charge in [-0.15, -0.1) is 0 Å². The third kappa shape index (κ3) is 4.82. The molecule has 33 heavy (non-hydrogen) atoms. The monoisotopic (exact) mass is 447 g/mol. The molecule has 0 unspecified atom stereocenters. The average Bonchev–Trinajstić information content (AvgIpc) is 3.52. The molecule has 2 aliphatic rings. The maximum atomic E-state index is 12.9. The SMILES string of the molecule is COc1ccccc1CNc1n[nH]c2nc([C@H]3CCCN(C(=O)CC4CCCC4)C3)ccc12. The van der Waals surface area contributed by atoms with E-state index in [0.717, 1.165) is 66.2 Å². The number of nitrogens with one attached hydrogen (secondary N) is 2. The number of nitrogens with zero attached hydrogens (tertiary/aromatic N) is 3. The van der Waals surface area contributed by atoms with Crippen molar-refractivity contribution in [3.8, 4) is 5.75 Å². The number of carbonyl (C=O) groups is 1. The molecule has 3 heterocycles. The van der Waals surface area contributed by atoms with Crippen LogP contribution in [0.1, 0.15) is 62.1 Å². The highest BCUT2D eigenvalue weighted by atomic mass is 16.5. The zero-order chi connectivity index (χ0) is 22.6. The third-order valence-corrected chi connectivity index (χ3v) is 7.21. The van der Waals surface area contributed by atoms with Crippen molar-refractivity contribution in [2.24, 2.45) is 5.92 Å². The Kier molecular flexibility index (Phi) is 6.46. The Hall–Kier alpha value is -3.09. The summed E-state index contributed by atoms with van der Waals surface area (Å²) in [6, 6.07) is 12.2. The van der Waals surface area contributed by atoms with Gasteiger partial charge in [-0.2, -0.15) is 5.10 Å². The predicted molar refractivity (Wildman–Crippen MR) is 129 cm³/mol. The largest absolute Gasteiger partial charge is 0.496 e. The molecular formula is C26H33N5O2. The molecule has 3 aromatic rings. The summed E-state index contributed by atoms with van der Waals surface area (Å²) in [5.74, 6) is 2.85. The molecule has 174 valence electrons. The normalized spacial score (nSPS) is 19.2. The second kappa shape index (κ2) is 9.81. The van der Waals surface area contributed by atoms with E-state index in [9.17, 15) is 4.79 Å². The molecule has 1 saturated heterocycles. The standard InChI is InChI=1S/C26H33N5O2/c1-33-23-11-5-4-9-19(23)16-27-25-21-12-13-22(28-26(21)30-29-25)20-10-6-14-31(17-20)24(32)15-18-7-2-3-8-18/h4-5,9,11-13,18,20H,2-3,6-8,10,14-17H2,1H3,(H2,27,28,29,30)/t20-/m0/s1. The lowest BCUT2D eigenvalue weighted by Crippen LogP contribution is -2.39. The second-order valence-corrected chi connectivity index (χ2v) is 9.40. The van der Waals surface area contributed by atoms with Crippen LogP contribution in [0.2, 0.25) is 0 Å². The summed E-state index contributed by atoms with van der Waals surface area (Å²) in [7, 11) is 1.68. The minimum atomic E-state index is 0.281. The number of amides is 1. The van der Waals surface area contributed by atoms with Crippen molar-refractivity contribution in [2.45, 2.75) is 57.4 Å². The first-order valence-corrected chi connectivity index (χ1v) is 12.2. The quantitative estimate of drug-likeness (QED) is 0.540. The molecule has 1 atom stereocenters. The van der Waals surface area contributed by atoms with Gasteiger partial charge in [0.25, 0.3) is 0 Å². The number of hydrogen-bond donors (Lipinski definition) is 2. The van der Waals surface area contributed by atoms with Gasteiger partial charge in [0.1, 0.15) is 5.75 Å². The number of pyridine rings is 1. The van der Waals surface area contributed by atoms with E-state index in [-0.39, 0.29) is 5.92 Å². The lowest BCUT2D eigenvalue weighted by atomic mass is 9.93. The van der Waals surface area contributed by atoms with Crippen LogP contribution in [-0.2, 0) is 11.3 Å². The van der Waals surface area contributed by atoms with E-state index in [0.29, 0.717) is 18.4 Å². The van der Waals surface area contributed by atoms with Gasteiger partial charge in [0.15, 0.2) is 11.5 Å². The van der Waals surface area contributed by atoms with E-state index in [1.54, 1.807) is 7.11 Å². The van der Waals surface area contributed by atoms with Gasteiger partial charge in [-0.25, -0.2) is 4.98 Å². The molecule has 1 amide bonds. The Balaban J connectivity index is 1.25. The molecule has 2 aromatic heterocycles.